The van der Waals surface area contributed by atoms with Crippen LogP contribution in [-0.4, -0.2) is 10.7 Å². The minimum Gasteiger partial charge on any atom is -0.378 e. The lowest BCUT2D eigenvalue weighted by Gasteiger charge is -2.26. The topological polar surface area (TPSA) is 20.2 Å². The molecule has 0 amide bonds. The highest BCUT2D eigenvalue weighted by Gasteiger charge is 2.26. The van der Waals surface area contributed by atoms with E-state index in [4.69, 9.17) is 11.6 Å². The van der Waals surface area contributed by atoms with Gasteiger partial charge in [-0.15, -0.1) is 0 Å². The van der Waals surface area contributed by atoms with Gasteiger partial charge < -0.3 is 5.11 Å². The third kappa shape index (κ3) is 3.25. The van der Waals surface area contributed by atoms with Crippen LogP contribution in [0.3, 0.4) is 0 Å². The molecule has 90 valence electrons. The summed E-state index contributed by atoms with van der Waals surface area (Å²) in [6.45, 7) is 1.96. The first-order chi connectivity index (χ1) is 8.09. The van der Waals surface area contributed by atoms with Gasteiger partial charge in [-0.3, -0.25) is 0 Å². The van der Waals surface area contributed by atoms with Crippen molar-refractivity contribution in [2.45, 2.75) is 44.6 Å². The Balaban J connectivity index is 2.17. The summed E-state index contributed by atoms with van der Waals surface area (Å²) in [4.78, 5) is 0. The molecule has 0 heterocycles. The molecule has 1 aromatic carbocycles. The molecule has 0 aromatic heterocycles. The SMILES string of the molecule is Cc1cc(C#CC2(O)CCCCC2)ccc1Cl. The van der Waals surface area contributed by atoms with Crippen molar-refractivity contribution in [3.05, 3.63) is 34.3 Å². The van der Waals surface area contributed by atoms with Crippen LogP contribution in [0.1, 0.15) is 43.2 Å². The molecule has 1 aliphatic rings. The first-order valence-electron chi connectivity index (χ1n) is 6.11. The van der Waals surface area contributed by atoms with E-state index in [1.807, 2.05) is 25.1 Å². The zero-order valence-electron chi connectivity index (χ0n) is 10.1. The van der Waals surface area contributed by atoms with Crippen molar-refractivity contribution in [1.29, 1.82) is 0 Å². The molecule has 1 N–H and O–H groups in total. The van der Waals surface area contributed by atoms with Crippen LogP contribution < -0.4 is 0 Å². The van der Waals surface area contributed by atoms with Gasteiger partial charge in [-0.25, -0.2) is 0 Å². The predicted octanol–water partition coefficient (Wildman–Crippen LogP) is 3.70. The lowest BCUT2D eigenvalue weighted by molar-refractivity contribution is 0.0610. The fourth-order valence-corrected chi connectivity index (χ4v) is 2.29. The summed E-state index contributed by atoms with van der Waals surface area (Å²) in [5.74, 6) is 6.09. The van der Waals surface area contributed by atoms with Crippen molar-refractivity contribution in [2.24, 2.45) is 0 Å². The normalized spacial score (nSPS) is 18.3. The summed E-state index contributed by atoms with van der Waals surface area (Å²) >= 11 is 5.96. The Labute approximate surface area is 108 Å². The molecule has 1 aromatic rings. The maximum Gasteiger partial charge on any atom is 0.125 e. The van der Waals surface area contributed by atoms with Gasteiger partial charge in [-0.2, -0.15) is 0 Å². The Kier molecular flexibility index (Phi) is 3.76. The fraction of sp³-hybridized carbons (Fsp3) is 0.467. The number of hydrogen-bond acceptors (Lipinski definition) is 1. The summed E-state index contributed by atoms with van der Waals surface area (Å²) in [6.07, 6.45) is 4.96. The molecular formula is C15H17ClO. The molecule has 1 saturated carbocycles. The van der Waals surface area contributed by atoms with Gasteiger partial charge in [0, 0.05) is 10.6 Å². The second-order valence-corrected chi connectivity index (χ2v) is 5.21. The average Bonchev–Trinajstić information content (AvgIpc) is 2.32. The van der Waals surface area contributed by atoms with Crippen molar-refractivity contribution in [3.8, 4) is 11.8 Å². The van der Waals surface area contributed by atoms with Gasteiger partial charge in [0.05, 0.1) is 0 Å². The van der Waals surface area contributed by atoms with E-state index in [1.165, 1.54) is 6.42 Å². The highest BCUT2D eigenvalue weighted by molar-refractivity contribution is 6.31. The van der Waals surface area contributed by atoms with Gasteiger partial charge in [0.1, 0.15) is 5.60 Å². The number of hydrogen-bond donors (Lipinski definition) is 1. The number of halogens is 1. The maximum absolute atomic E-state index is 10.3. The van der Waals surface area contributed by atoms with Gasteiger partial charge in [0.2, 0.25) is 0 Å². The second-order valence-electron chi connectivity index (χ2n) is 4.81. The van der Waals surface area contributed by atoms with Crippen molar-refractivity contribution in [2.75, 3.05) is 0 Å². The Morgan fingerprint density at radius 3 is 2.59 bits per heavy atom. The molecule has 0 atom stereocenters. The molecule has 2 rings (SSSR count). The van der Waals surface area contributed by atoms with Gasteiger partial charge in [-0.05, 0) is 56.4 Å². The lowest BCUT2D eigenvalue weighted by Crippen LogP contribution is -2.29. The molecule has 0 bridgehead atoms. The fourth-order valence-electron chi connectivity index (χ4n) is 2.17. The second kappa shape index (κ2) is 5.12. The van der Waals surface area contributed by atoms with Crippen molar-refractivity contribution in [1.82, 2.24) is 0 Å². The van der Waals surface area contributed by atoms with Gasteiger partial charge in [-0.1, -0.05) is 29.9 Å². The third-order valence-electron chi connectivity index (χ3n) is 3.28. The van der Waals surface area contributed by atoms with E-state index in [2.05, 4.69) is 11.8 Å². The number of aliphatic hydroxyl groups is 1. The molecule has 1 aliphatic carbocycles. The van der Waals surface area contributed by atoms with Crippen LogP contribution in [0.15, 0.2) is 18.2 Å². The molecule has 0 unspecified atom stereocenters. The van der Waals surface area contributed by atoms with E-state index >= 15 is 0 Å². The van der Waals surface area contributed by atoms with E-state index < -0.39 is 5.60 Å². The van der Waals surface area contributed by atoms with Crippen molar-refractivity contribution in [3.63, 3.8) is 0 Å². The lowest BCUT2D eigenvalue weighted by atomic mass is 9.85. The summed E-state index contributed by atoms with van der Waals surface area (Å²) < 4.78 is 0. The molecular weight excluding hydrogens is 232 g/mol. The molecule has 1 nitrogen and oxygen atoms in total. The Morgan fingerprint density at radius 1 is 1.24 bits per heavy atom. The number of rotatable bonds is 0. The van der Waals surface area contributed by atoms with Crippen LogP contribution in [-0.2, 0) is 0 Å². The molecule has 0 spiro atoms. The average molecular weight is 249 g/mol. The van der Waals surface area contributed by atoms with Gasteiger partial charge >= 0.3 is 0 Å². The zero-order chi connectivity index (χ0) is 12.3. The zero-order valence-corrected chi connectivity index (χ0v) is 10.8. The molecule has 17 heavy (non-hydrogen) atoms. The minimum absolute atomic E-state index is 0.756. The third-order valence-corrected chi connectivity index (χ3v) is 3.70. The maximum atomic E-state index is 10.3. The summed E-state index contributed by atoms with van der Waals surface area (Å²) in [5.41, 5.74) is 1.17. The standard InChI is InChI=1S/C15H17ClO/c1-12-11-13(5-6-14(12)16)7-10-15(17)8-3-2-4-9-15/h5-6,11,17H,2-4,8-9H2,1H3. The molecule has 0 saturated heterocycles. The quantitative estimate of drug-likeness (QED) is 0.695. The Hall–Kier alpha value is -0.970. The van der Waals surface area contributed by atoms with Crippen LogP contribution in [0.2, 0.25) is 5.02 Å². The predicted molar refractivity (Wildman–Crippen MR) is 71.1 cm³/mol. The van der Waals surface area contributed by atoms with Gasteiger partial charge in [0.15, 0.2) is 0 Å². The van der Waals surface area contributed by atoms with E-state index in [-0.39, 0.29) is 0 Å². The van der Waals surface area contributed by atoms with Crippen LogP contribution in [0.5, 0.6) is 0 Å². The monoisotopic (exact) mass is 248 g/mol. The van der Waals surface area contributed by atoms with E-state index in [0.29, 0.717) is 0 Å². The summed E-state index contributed by atoms with van der Waals surface area (Å²) in [7, 11) is 0. The Bertz CT molecular complexity index is 462. The summed E-state index contributed by atoms with van der Waals surface area (Å²) in [6, 6.07) is 5.71. The van der Waals surface area contributed by atoms with Crippen LogP contribution in [0.4, 0.5) is 0 Å². The van der Waals surface area contributed by atoms with Crippen molar-refractivity contribution >= 4 is 11.6 Å². The first kappa shape index (κ1) is 12.5. The summed E-state index contributed by atoms with van der Waals surface area (Å²) in [5, 5.41) is 11.0. The largest absolute Gasteiger partial charge is 0.378 e. The molecule has 2 heteroatoms. The highest BCUT2D eigenvalue weighted by Crippen LogP contribution is 2.27. The van der Waals surface area contributed by atoms with Gasteiger partial charge in [0.25, 0.3) is 0 Å². The van der Waals surface area contributed by atoms with Crippen molar-refractivity contribution < 1.29 is 5.11 Å². The van der Waals surface area contributed by atoms with Crippen LogP contribution in [0, 0.1) is 18.8 Å². The van der Waals surface area contributed by atoms with Crippen LogP contribution in [0.25, 0.3) is 0 Å². The molecule has 1 fully saturated rings. The van der Waals surface area contributed by atoms with E-state index in [9.17, 15) is 5.11 Å². The number of benzene rings is 1. The Morgan fingerprint density at radius 2 is 1.94 bits per heavy atom. The van der Waals surface area contributed by atoms with Crippen LogP contribution >= 0.6 is 11.6 Å². The van der Waals surface area contributed by atoms with E-state index in [0.717, 1.165) is 41.8 Å². The number of aryl methyl sites for hydroxylation is 1. The minimum atomic E-state index is -0.772. The smallest absolute Gasteiger partial charge is 0.125 e. The molecule has 0 radical (unpaired) electrons. The molecule has 0 aliphatic heterocycles. The van der Waals surface area contributed by atoms with E-state index in [1.54, 1.807) is 0 Å². The highest BCUT2D eigenvalue weighted by atomic mass is 35.5. The first-order valence-corrected chi connectivity index (χ1v) is 6.49.